The maximum atomic E-state index is 12.8. The molecule has 1 atom stereocenters. The topological polar surface area (TPSA) is 134 Å². The van der Waals surface area contributed by atoms with Crippen LogP contribution in [0.1, 0.15) is 18.0 Å². The Bertz CT molecular complexity index is 1350. The van der Waals surface area contributed by atoms with Crippen LogP contribution in [0.2, 0.25) is 0 Å². The number of carbonyl (C=O) groups excluding carboxylic acids is 1. The predicted octanol–water partition coefficient (Wildman–Crippen LogP) is 0.329. The van der Waals surface area contributed by atoms with Crippen LogP contribution >= 0.6 is 0 Å². The number of fused-ring (bicyclic) bond motifs is 1. The van der Waals surface area contributed by atoms with Crippen molar-refractivity contribution in [2.75, 3.05) is 32.3 Å². The number of carbonyl (C=O) groups is 1. The van der Waals surface area contributed by atoms with Crippen LogP contribution in [0.25, 0.3) is 11.0 Å². The van der Waals surface area contributed by atoms with Gasteiger partial charge in [0.15, 0.2) is 27.0 Å². The second kappa shape index (κ2) is 9.22. The van der Waals surface area contributed by atoms with Crippen molar-refractivity contribution in [1.29, 1.82) is 0 Å². The van der Waals surface area contributed by atoms with E-state index in [2.05, 4.69) is 15.4 Å². The first-order valence-electron chi connectivity index (χ1n) is 10.4. The van der Waals surface area contributed by atoms with E-state index in [-0.39, 0.29) is 35.4 Å². The van der Waals surface area contributed by atoms with E-state index in [1.165, 1.54) is 21.8 Å². The van der Waals surface area contributed by atoms with Crippen molar-refractivity contribution >= 4 is 26.8 Å². The minimum atomic E-state index is -3.10. The van der Waals surface area contributed by atoms with Gasteiger partial charge in [0.1, 0.15) is 18.3 Å². The van der Waals surface area contributed by atoms with Crippen LogP contribution in [0.15, 0.2) is 35.5 Å². The molecule has 176 valence electrons. The molecule has 1 N–H and O–H groups in total. The average Bonchev–Trinajstić information content (AvgIpc) is 3.38. The number of methoxy groups -OCH3 is 2. The highest BCUT2D eigenvalue weighted by Gasteiger charge is 2.31. The van der Waals surface area contributed by atoms with Crippen LogP contribution in [0.4, 0.5) is 0 Å². The zero-order valence-electron chi connectivity index (χ0n) is 18.4. The largest absolute Gasteiger partial charge is 0.493 e. The minimum absolute atomic E-state index is 0.0168. The van der Waals surface area contributed by atoms with E-state index in [9.17, 15) is 18.0 Å². The normalized spacial score (nSPS) is 17.2. The summed E-state index contributed by atoms with van der Waals surface area (Å²) in [7, 11) is 0.0274. The van der Waals surface area contributed by atoms with E-state index >= 15 is 0 Å². The maximum Gasteiger partial charge on any atom is 0.264 e. The summed E-state index contributed by atoms with van der Waals surface area (Å²) >= 11 is 0. The highest BCUT2D eigenvalue weighted by Crippen LogP contribution is 2.27. The summed E-state index contributed by atoms with van der Waals surface area (Å²) in [4.78, 5) is 29.4. The molecule has 1 amide bonds. The SMILES string of the molecule is COc1ccc(CCNC(=O)Cn2cnc3c(cnn3C3CCS(=O)(=O)C3)c2=O)cc1OC. The molecule has 1 aromatic carbocycles. The van der Waals surface area contributed by atoms with Crippen LogP contribution in [-0.2, 0) is 27.6 Å². The van der Waals surface area contributed by atoms with Crippen molar-refractivity contribution in [2.45, 2.75) is 25.4 Å². The number of ether oxygens (including phenoxy) is 2. The van der Waals surface area contributed by atoms with Gasteiger partial charge in [-0.2, -0.15) is 5.10 Å². The van der Waals surface area contributed by atoms with Crippen molar-refractivity contribution in [2.24, 2.45) is 0 Å². The first kappa shape index (κ1) is 22.8. The second-order valence-electron chi connectivity index (χ2n) is 7.85. The van der Waals surface area contributed by atoms with Crippen LogP contribution in [0.3, 0.4) is 0 Å². The number of hydrogen-bond donors (Lipinski definition) is 1. The molecule has 12 heteroatoms. The third kappa shape index (κ3) is 4.85. The summed E-state index contributed by atoms with van der Waals surface area (Å²) in [6, 6.07) is 5.21. The quantitative estimate of drug-likeness (QED) is 0.493. The fourth-order valence-corrected chi connectivity index (χ4v) is 5.60. The molecule has 0 spiro atoms. The van der Waals surface area contributed by atoms with E-state index in [1.54, 1.807) is 20.3 Å². The van der Waals surface area contributed by atoms with Crippen LogP contribution in [0.5, 0.6) is 11.5 Å². The van der Waals surface area contributed by atoms with Crippen molar-refractivity contribution in [3.8, 4) is 11.5 Å². The molecule has 1 fully saturated rings. The lowest BCUT2D eigenvalue weighted by atomic mass is 10.1. The fraction of sp³-hybridized carbons (Fsp3) is 0.429. The molecule has 3 heterocycles. The lowest BCUT2D eigenvalue weighted by Crippen LogP contribution is -2.33. The lowest BCUT2D eigenvalue weighted by Gasteiger charge is -2.11. The molecule has 0 aliphatic carbocycles. The number of hydrogen-bond acceptors (Lipinski definition) is 8. The highest BCUT2D eigenvalue weighted by atomic mass is 32.2. The number of nitrogens with zero attached hydrogens (tertiary/aromatic N) is 4. The predicted molar refractivity (Wildman–Crippen MR) is 120 cm³/mol. The van der Waals surface area contributed by atoms with Crippen molar-refractivity contribution in [1.82, 2.24) is 24.6 Å². The Kier molecular flexibility index (Phi) is 6.36. The molecule has 1 unspecified atom stereocenters. The van der Waals surface area contributed by atoms with Gasteiger partial charge < -0.3 is 14.8 Å². The summed E-state index contributed by atoms with van der Waals surface area (Å²) in [5, 5.41) is 7.23. The maximum absolute atomic E-state index is 12.8. The Morgan fingerprint density at radius 1 is 1.24 bits per heavy atom. The molecule has 3 aromatic rings. The van der Waals surface area contributed by atoms with Gasteiger partial charge in [-0.3, -0.25) is 14.2 Å². The number of sulfone groups is 1. The first-order chi connectivity index (χ1) is 15.8. The van der Waals surface area contributed by atoms with E-state index in [0.717, 1.165) is 5.56 Å². The van der Waals surface area contributed by atoms with Crippen molar-refractivity contribution in [3.05, 3.63) is 46.6 Å². The molecular formula is C21H25N5O6S. The third-order valence-corrected chi connectivity index (χ3v) is 7.38. The first-order valence-corrected chi connectivity index (χ1v) is 12.2. The average molecular weight is 476 g/mol. The zero-order chi connectivity index (χ0) is 23.6. The zero-order valence-corrected chi connectivity index (χ0v) is 19.2. The van der Waals surface area contributed by atoms with Gasteiger partial charge in [0, 0.05) is 6.54 Å². The minimum Gasteiger partial charge on any atom is -0.493 e. The van der Waals surface area contributed by atoms with Gasteiger partial charge >= 0.3 is 0 Å². The Hall–Kier alpha value is -3.41. The molecular weight excluding hydrogens is 450 g/mol. The van der Waals surface area contributed by atoms with E-state index < -0.39 is 15.4 Å². The van der Waals surface area contributed by atoms with Crippen LogP contribution in [0, 0.1) is 0 Å². The molecule has 1 aliphatic heterocycles. The summed E-state index contributed by atoms with van der Waals surface area (Å²) in [5.41, 5.74) is 0.893. The second-order valence-corrected chi connectivity index (χ2v) is 10.1. The lowest BCUT2D eigenvalue weighted by molar-refractivity contribution is -0.121. The van der Waals surface area contributed by atoms with E-state index in [1.807, 2.05) is 12.1 Å². The molecule has 0 radical (unpaired) electrons. The van der Waals surface area contributed by atoms with Gasteiger partial charge in [-0.25, -0.2) is 18.1 Å². The molecule has 1 aliphatic rings. The van der Waals surface area contributed by atoms with E-state index in [4.69, 9.17) is 9.47 Å². The summed E-state index contributed by atoms with van der Waals surface area (Å²) in [6.07, 6.45) is 3.68. The van der Waals surface area contributed by atoms with Crippen LogP contribution in [-0.4, -0.2) is 65.9 Å². The molecule has 4 rings (SSSR count). The molecule has 0 saturated carbocycles. The van der Waals surface area contributed by atoms with Gasteiger partial charge in [0.05, 0.1) is 38.0 Å². The summed E-state index contributed by atoms with van der Waals surface area (Å²) < 4.78 is 36.7. The van der Waals surface area contributed by atoms with Gasteiger partial charge in [-0.1, -0.05) is 6.07 Å². The number of aromatic nitrogens is 4. The van der Waals surface area contributed by atoms with Crippen molar-refractivity contribution in [3.63, 3.8) is 0 Å². The van der Waals surface area contributed by atoms with Crippen LogP contribution < -0.4 is 20.3 Å². The van der Waals surface area contributed by atoms with Gasteiger partial charge in [0.2, 0.25) is 5.91 Å². The Morgan fingerprint density at radius 2 is 2.03 bits per heavy atom. The molecule has 33 heavy (non-hydrogen) atoms. The number of nitrogens with one attached hydrogen (secondary N) is 1. The van der Waals surface area contributed by atoms with Gasteiger partial charge in [-0.15, -0.1) is 0 Å². The summed E-state index contributed by atoms with van der Waals surface area (Å²) in [5.74, 6) is 0.998. The van der Waals surface area contributed by atoms with Gasteiger partial charge in [-0.05, 0) is 30.5 Å². The Balaban J connectivity index is 1.39. The highest BCUT2D eigenvalue weighted by molar-refractivity contribution is 7.91. The number of rotatable bonds is 8. The molecule has 2 aromatic heterocycles. The smallest absolute Gasteiger partial charge is 0.264 e. The van der Waals surface area contributed by atoms with Gasteiger partial charge in [0.25, 0.3) is 5.56 Å². The van der Waals surface area contributed by atoms with E-state index in [0.29, 0.717) is 36.5 Å². The number of amides is 1. The fourth-order valence-electron chi connectivity index (χ4n) is 3.91. The summed E-state index contributed by atoms with van der Waals surface area (Å²) in [6.45, 7) is 0.198. The standard InChI is InChI=1S/C21H25N5O6S/c1-31-17-4-3-14(9-18(17)32-2)5-7-22-19(27)11-25-13-23-20-16(21(25)28)10-24-26(20)15-6-8-33(29,30)12-15/h3-4,9-10,13,15H,5-8,11-12H2,1-2H3,(H,22,27). The molecule has 11 nitrogen and oxygen atoms in total. The third-order valence-electron chi connectivity index (χ3n) is 5.63. The van der Waals surface area contributed by atoms with Crippen molar-refractivity contribution < 1.29 is 22.7 Å². The Labute approximate surface area is 190 Å². The molecule has 1 saturated heterocycles. The number of benzene rings is 1. The Morgan fingerprint density at radius 3 is 2.73 bits per heavy atom. The monoisotopic (exact) mass is 475 g/mol. The molecule has 0 bridgehead atoms.